The van der Waals surface area contributed by atoms with Crippen molar-refractivity contribution in [1.29, 1.82) is 0 Å². The Morgan fingerprint density at radius 3 is 1.93 bits per heavy atom. The van der Waals surface area contributed by atoms with Crippen LogP contribution >= 0.6 is 0 Å². The van der Waals surface area contributed by atoms with Crippen molar-refractivity contribution in [2.45, 2.75) is 30.1 Å². The van der Waals surface area contributed by atoms with Gasteiger partial charge in [-0.05, 0) is 54.7 Å². The summed E-state index contributed by atoms with van der Waals surface area (Å²) >= 11 is 0. The molecule has 0 bridgehead atoms. The molecule has 1 aliphatic rings. The zero-order chi connectivity index (χ0) is 19.7. The molecule has 0 amide bonds. The molecule has 1 saturated heterocycles. The first-order valence-corrected chi connectivity index (χ1v) is 11.8. The van der Waals surface area contributed by atoms with E-state index in [0.717, 1.165) is 6.42 Å². The van der Waals surface area contributed by atoms with E-state index in [1.165, 1.54) is 40.7 Å². The van der Waals surface area contributed by atoms with E-state index in [4.69, 9.17) is 0 Å². The fourth-order valence-corrected chi connectivity index (χ4v) is 6.22. The highest BCUT2D eigenvalue weighted by Crippen LogP contribution is 2.27. The van der Waals surface area contributed by atoms with E-state index < -0.39 is 20.0 Å². The summed E-state index contributed by atoms with van der Waals surface area (Å²) < 4.78 is 54.5. The number of anilines is 1. The highest BCUT2D eigenvalue weighted by molar-refractivity contribution is 7.92. The second-order valence-corrected chi connectivity index (χ2v) is 10.8. The normalized spacial score (nSPS) is 21.7. The average Bonchev–Trinajstić information content (AvgIpc) is 2.62. The van der Waals surface area contributed by atoms with Gasteiger partial charge >= 0.3 is 0 Å². The van der Waals surface area contributed by atoms with Crippen molar-refractivity contribution in [3.8, 4) is 0 Å². The van der Waals surface area contributed by atoms with Gasteiger partial charge < -0.3 is 0 Å². The van der Waals surface area contributed by atoms with Gasteiger partial charge in [-0.1, -0.05) is 32.0 Å². The van der Waals surface area contributed by atoms with Gasteiger partial charge in [-0.15, -0.1) is 0 Å². The molecule has 0 radical (unpaired) electrons. The fourth-order valence-electron chi connectivity index (χ4n) is 3.46. The summed E-state index contributed by atoms with van der Waals surface area (Å²) in [5.41, 5.74) is 0.318. The highest BCUT2D eigenvalue weighted by Gasteiger charge is 2.31. The van der Waals surface area contributed by atoms with Crippen molar-refractivity contribution >= 4 is 25.7 Å². The van der Waals surface area contributed by atoms with E-state index in [1.807, 2.05) is 0 Å². The summed E-state index contributed by atoms with van der Waals surface area (Å²) in [6.45, 7) is 5.13. The molecule has 1 fully saturated rings. The number of sulfonamides is 2. The topological polar surface area (TPSA) is 83.6 Å². The molecule has 0 spiro atoms. The second kappa shape index (κ2) is 7.61. The maximum Gasteiger partial charge on any atom is 0.261 e. The molecule has 2 unspecified atom stereocenters. The zero-order valence-corrected chi connectivity index (χ0v) is 17.0. The van der Waals surface area contributed by atoms with Crippen molar-refractivity contribution in [3.63, 3.8) is 0 Å². The Labute approximate surface area is 161 Å². The van der Waals surface area contributed by atoms with Crippen LogP contribution in [0.25, 0.3) is 0 Å². The van der Waals surface area contributed by atoms with Gasteiger partial charge in [-0.25, -0.2) is 16.8 Å². The minimum atomic E-state index is -3.71. The number of benzene rings is 2. The van der Waals surface area contributed by atoms with E-state index in [-0.39, 0.29) is 9.79 Å². The number of piperidine rings is 1. The molecule has 2 aromatic carbocycles. The third kappa shape index (κ3) is 4.51. The van der Waals surface area contributed by atoms with Crippen molar-refractivity contribution in [3.05, 3.63) is 54.6 Å². The summed E-state index contributed by atoms with van der Waals surface area (Å²) in [6, 6.07) is 13.9. The molecule has 3 rings (SSSR count). The van der Waals surface area contributed by atoms with Crippen molar-refractivity contribution in [2.75, 3.05) is 17.8 Å². The lowest BCUT2D eigenvalue weighted by Crippen LogP contribution is -2.42. The first-order chi connectivity index (χ1) is 12.7. The molecule has 8 heteroatoms. The number of hydrogen-bond acceptors (Lipinski definition) is 4. The minimum absolute atomic E-state index is 0.151. The van der Waals surface area contributed by atoms with Crippen LogP contribution in [0.4, 0.5) is 5.69 Å². The Kier molecular flexibility index (Phi) is 5.60. The lowest BCUT2D eigenvalue weighted by Gasteiger charge is -2.34. The van der Waals surface area contributed by atoms with E-state index in [2.05, 4.69) is 18.6 Å². The first-order valence-electron chi connectivity index (χ1n) is 8.86. The SMILES string of the molecule is CC1CC(C)CN(S(=O)(=O)c2ccc(NS(=O)(=O)c3ccccc3)cc2)C1. The summed E-state index contributed by atoms with van der Waals surface area (Å²) in [4.78, 5) is 0.324. The van der Waals surface area contributed by atoms with Gasteiger partial charge in [0.05, 0.1) is 9.79 Å². The van der Waals surface area contributed by atoms with Crippen molar-refractivity contribution in [1.82, 2.24) is 4.31 Å². The van der Waals surface area contributed by atoms with Crippen LogP contribution in [0.3, 0.4) is 0 Å². The quantitative estimate of drug-likeness (QED) is 0.824. The summed E-state index contributed by atoms with van der Waals surface area (Å²) in [5.74, 6) is 0.640. The Morgan fingerprint density at radius 1 is 0.815 bits per heavy atom. The van der Waals surface area contributed by atoms with E-state index >= 15 is 0 Å². The third-order valence-corrected chi connectivity index (χ3v) is 7.88. The van der Waals surface area contributed by atoms with Gasteiger partial charge in [0.15, 0.2) is 0 Å². The molecule has 0 aromatic heterocycles. The Morgan fingerprint density at radius 2 is 1.37 bits per heavy atom. The summed E-state index contributed by atoms with van der Waals surface area (Å²) in [7, 11) is -7.29. The van der Waals surface area contributed by atoms with Crippen molar-refractivity contribution in [2.24, 2.45) is 11.8 Å². The molecule has 1 heterocycles. The van der Waals surface area contributed by atoms with Crippen LogP contribution in [0.5, 0.6) is 0 Å². The van der Waals surface area contributed by atoms with Gasteiger partial charge in [-0.3, -0.25) is 4.72 Å². The molecule has 27 heavy (non-hydrogen) atoms. The van der Waals surface area contributed by atoms with E-state index in [9.17, 15) is 16.8 Å². The summed E-state index contributed by atoms with van der Waals surface area (Å²) in [5, 5.41) is 0. The van der Waals surface area contributed by atoms with Crippen LogP contribution in [0, 0.1) is 11.8 Å². The number of nitrogens with zero attached hydrogens (tertiary/aromatic N) is 1. The molecular formula is C19H24N2O4S2. The van der Waals surface area contributed by atoms with E-state index in [0.29, 0.717) is 30.6 Å². The average molecular weight is 409 g/mol. The van der Waals surface area contributed by atoms with Gasteiger partial charge in [-0.2, -0.15) is 4.31 Å². The van der Waals surface area contributed by atoms with Crippen LogP contribution in [0.15, 0.2) is 64.4 Å². The maximum absolute atomic E-state index is 12.9. The number of nitrogens with one attached hydrogen (secondary N) is 1. The smallest absolute Gasteiger partial charge is 0.261 e. The molecule has 2 aromatic rings. The summed E-state index contributed by atoms with van der Waals surface area (Å²) in [6.07, 6.45) is 1.02. The van der Waals surface area contributed by atoms with E-state index in [1.54, 1.807) is 18.2 Å². The predicted octanol–water partition coefficient (Wildman–Crippen LogP) is 3.15. The largest absolute Gasteiger partial charge is 0.280 e. The van der Waals surface area contributed by atoms with Crippen LogP contribution < -0.4 is 4.72 Å². The second-order valence-electron chi connectivity index (χ2n) is 7.21. The molecular weight excluding hydrogens is 384 g/mol. The lowest BCUT2D eigenvalue weighted by molar-refractivity contribution is 0.222. The molecule has 146 valence electrons. The molecule has 1 aliphatic heterocycles. The fraction of sp³-hybridized carbons (Fsp3) is 0.368. The number of hydrogen-bond donors (Lipinski definition) is 1. The Bertz CT molecular complexity index is 978. The van der Waals surface area contributed by atoms with Gasteiger partial charge in [0.25, 0.3) is 10.0 Å². The Hall–Kier alpha value is -1.90. The zero-order valence-electron chi connectivity index (χ0n) is 15.4. The minimum Gasteiger partial charge on any atom is -0.280 e. The molecule has 2 atom stereocenters. The van der Waals surface area contributed by atoms with Gasteiger partial charge in [0, 0.05) is 18.8 Å². The molecule has 1 N–H and O–H groups in total. The third-order valence-electron chi connectivity index (χ3n) is 4.63. The van der Waals surface area contributed by atoms with Crippen LogP contribution in [0.1, 0.15) is 20.3 Å². The lowest BCUT2D eigenvalue weighted by atomic mass is 9.94. The Balaban J connectivity index is 1.79. The predicted molar refractivity (Wildman–Crippen MR) is 105 cm³/mol. The number of rotatable bonds is 5. The first kappa shape index (κ1) is 19.9. The van der Waals surface area contributed by atoms with Gasteiger partial charge in [0.2, 0.25) is 10.0 Å². The van der Waals surface area contributed by atoms with Crippen molar-refractivity contribution < 1.29 is 16.8 Å². The standard InChI is InChI=1S/C19H24N2O4S2/c1-15-12-16(2)14-21(13-15)27(24,25)19-10-8-17(9-11-19)20-26(22,23)18-6-4-3-5-7-18/h3-11,15-16,20H,12-14H2,1-2H3. The van der Waals surface area contributed by atoms with Crippen LogP contribution in [0.2, 0.25) is 0 Å². The monoisotopic (exact) mass is 408 g/mol. The maximum atomic E-state index is 12.9. The highest BCUT2D eigenvalue weighted by atomic mass is 32.2. The molecule has 6 nitrogen and oxygen atoms in total. The van der Waals surface area contributed by atoms with Crippen LogP contribution in [-0.2, 0) is 20.0 Å². The molecule has 0 saturated carbocycles. The van der Waals surface area contributed by atoms with Crippen LogP contribution in [-0.4, -0.2) is 34.2 Å². The molecule has 0 aliphatic carbocycles. The van der Waals surface area contributed by atoms with Gasteiger partial charge in [0.1, 0.15) is 0 Å².